The molecular formula is C8H10N4O. The summed E-state index contributed by atoms with van der Waals surface area (Å²) in [4.78, 5) is 19.2. The highest BCUT2D eigenvalue weighted by atomic mass is 16.1. The molecule has 0 bridgehead atoms. The number of rotatable bonds is 1. The van der Waals surface area contributed by atoms with Gasteiger partial charge in [0.25, 0.3) is 0 Å². The SMILES string of the molecule is NCc1ncc2c(n1)NC(=O)CC2. The molecule has 0 unspecified atom stereocenters. The second-order valence-electron chi connectivity index (χ2n) is 2.91. The highest BCUT2D eigenvalue weighted by molar-refractivity contribution is 5.92. The van der Waals surface area contributed by atoms with Crippen molar-refractivity contribution in [3.05, 3.63) is 17.6 Å². The van der Waals surface area contributed by atoms with Crippen LogP contribution in [0.5, 0.6) is 0 Å². The Morgan fingerprint density at radius 3 is 3.15 bits per heavy atom. The van der Waals surface area contributed by atoms with E-state index in [1.807, 2.05) is 0 Å². The summed E-state index contributed by atoms with van der Waals surface area (Å²) in [6.07, 6.45) is 2.95. The smallest absolute Gasteiger partial charge is 0.225 e. The molecule has 3 N–H and O–H groups in total. The zero-order valence-corrected chi connectivity index (χ0v) is 7.08. The number of nitrogens with two attached hydrogens (primary N) is 1. The van der Waals surface area contributed by atoms with Crippen molar-refractivity contribution in [2.24, 2.45) is 5.73 Å². The Morgan fingerprint density at radius 2 is 2.38 bits per heavy atom. The van der Waals surface area contributed by atoms with Crippen LogP contribution < -0.4 is 11.1 Å². The zero-order chi connectivity index (χ0) is 9.26. The summed E-state index contributed by atoms with van der Waals surface area (Å²) in [6, 6.07) is 0. The predicted molar refractivity (Wildman–Crippen MR) is 46.9 cm³/mol. The summed E-state index contributed by atoms with van der Waals surface area (Å²) in [5.74, 6) is 1.18. The lowest BCUT2D eigenvalue weighted by molar-refractivity contribution is -0.116. The number of hydrogen-bond acceptors (Lipinski definition) is 4. The van der Waals surface area contributed by atoms with E-state index in [0.717, 1.165) is 5.56 Å². The molecule has 1 aromatic rings. The van der Waals surface area contributed by atoms with Crippen LogP contribution in [-0.2, 0) is 17.8 Å². The van der Waals surface area contributed by atoms with E-state index in [-0.39, 0.29) is 5.91 Å². The third-order valence-corrected chi connectivity index (χ3v) is 1.98. The van der Waals surface area contributed by atoms with Gasteiger partial charge in [0.1, 0.15) is 11.6 Å². The van der Waals surface area contributed by atoms with Crippen LogP contribution in [0, 0.1) is 0 Å². The van der Waals surface area contributed by atoms with E-state index in [1.54, 1.807) is 6.20 Å². The van der Waals surface area contributed by atoms with E-state index in [4.69, 9.17) is 5.73 Å². The van der Waals surface area contributed by atoms with E-state index < -0.39 is 0 Å². The third-order valence-electron chi connectivity index (χ3n) is 1.98. The molecule has 1 amide bonds. The molecule has 0 atom stereocenters. The maximum absolute atomic E-state index is 11.0. The Kier molecular flexibility index (Phi) is 1.94. The summed E-state index contributed by atoms with van der Waals surface area (Å²) in [7, 11) is 0. The van der Waals surface area contributed by atoms with Gasteiger partial charge in [0.15, 0.2) is 0 Å². The number of fused-ring (bicyclic) bond motifs is 1. The van der Waals surface area contributed by atoms with Crippen molar-refractivity contribution in [1.82, 2.24) is 9.97 Å². The number of hydrogen-bond donors (Lipinski definition) is 2. The van der Waals surface area contributed by atoms with Crippen molar-refractivity contribution >= 4 is 11.7 Å². The number of nitrogens with zero attached hydrogens (tertiary/aromatic N) is 2. The molecule has 0 aliphatic carbocycles. The third kappa shape index (κ3) is 1.50. The van der Waals surface area contributed by atoms with E-state index in [2.05, 4.69) is 15.3 Å². The monoisotopic (exact) mass is 178 g/mol. The van der Waals surface area contributed by atoms with Crippen LogP contribution in [0.25, 0.3) is 0 Å². The number of aromatic nitrogens is 2. The Labute approximate surface area is 75.4 Å². The van der Waals surface area contributed by atoms with Gasteiger partial charge in [0.05, 0.1) is 6.54 Å². The van der Waals surface area contributed by atoms with Crippen molar-refractivity contribution in [2.45, 2.75) is 19.4 Å². The van der Waals surface area contributed by atoms with Crippen LogP contribution in [0.2, 0.25) is 0 Å². The Hall–Kier alpha value is -1.49. The first-order valence-electron chi connectivity index (χ1n) is 4.14. The van der Waals surface area contributed by atoms with E-state index >= 15 is 0 Å². The summed E-state index contributed by atoms with van der Waals surface area (Å²) in [5, 5.41) is 2.69. The summed E-state index contributed by atoms with van der Waals surface area (Å²) in [5.41, 5.74) is 6.36. The van der Waals surface area contributed by atoms with E-state index in [0.29, 0.717) is 31.0 Å². The molecule has 0 fully saturated rings. The molecule has 0 saturated heterocycles. The van der Waals surface area contributed by atoms with Crippen LogP contribution in [0.4, 0.5) is 5.82 Å². The van der Waals surface area contributed by atoms with Gasteiger partial charge in [0, 0.05) is 18.2 Å². The molecule has 1 aromatic heterocycles. The molecule has 5 nitrogen and oxygen atoms in total. The van der Waals surface area contributed by atoms with Gasteiger partial charge in [-0.25, -0.2) is 9.97 Å². The minimum absolute atomic E-state index is 0.00849. The molecule has 0 spiro atoms. The predicted octanol–water partition coefficient (Wildman–Crippen LogP) is -0.180. The number of carbonyl (C=O) groups is 1. The number of amides is 1. The standard InChI is InChI=1S/C8H10N4O/c9-3-6-10-4-5-1-2-7(13)12-8(5)11-6/h4H,1-3,9H2,(H,10,11,12,13). The first-order valence-corrected chi connectivity index (χ1v) is 4.14. The fraction of sp³-hybridized carbons (Fsp3) is 0.375. The van der Waals surface area contributed by atoms with Crippen LogP contribution in [0.15, 0.2) is 6.20 Å². The number of nitrogens with one attached hydrogen (secondary N) is 1. The first-order chi connectivity index (χ1) is 6.29. The molecule has 2 rings (SSSR count). The molecular weight excluding hydrogens is 168 g/mol. The summed E-state index contributed by atoms with van der Waals surface area (Å²) in [6.45, 7) is 0.295. The fourth-order valence-corrected chi connectivity index (χ4v) is 1.28. The lowest BCUT2D eigenvalue weighted by atomic mass is 10.1. The van der Waals surface area contributed by atoms with Gasteiger partial charge < -0.3 is 11.1 Å². The fourth-order valence-electron chi connectivity index (χ4n) is 1.28. The molecule has 1 aliphatic heterocycles. The maximum atomic E-state index is 11.0. The second kappa shape index (κ2) is 3.10. The van der Waals surface area contributed by atoms with Crippen LogP contribution in [0.1, 0.15) is 17.8 Å². The van der Waals surface area contributed by atoms with Crippen molar-refractivity contribution in [3.8, 4) is 0 Å². The van der Waals surface area contributed by atoms with Crippen LogP contribution in [-0.4, -0.2) is 15.9 Å². The average Bonchev–Trinajstić information content (AvgIpc) is 2.16. The van der Waals surface area contributed by atoms with Crippen molar-refractivity contribution in [2.75, 3.05) is 5.32 Å². The van der Waals surface area contributed by atoms with Gasteiger partial charge in [-0.05, 0) is 6.42 Å². The highest BCUT2D eigenvalue weighted by Crippen LogP contribution is 2.18. The Morgan fingerprint density at radius 1 is 1.54 bits per heavy atom. The van der Waals surface area contributed by atoms with E-state index in [9.17, 15) is 4.79 Å². The van der Waals surface area contributed by atoms with Gasteiger partial charge in [-0.3, -0.25) is 4.79 Å². The van der Waals surface area contributed by atoms with Crippen LogP contribution >= 0.6 is 0 Å². The quantitative estimate of drug-likeness (QED) is 0.625. The van der Waals surface area contributed by atoms with Gasteiger partial charge in [-0.1, -0.05) is 0 Å². The molecule has 2 heterocycles. The summed E-state index contributed by atoms with van der Waals surface area (Å²) < 4.78 is 0. The Balaban J connectivity index is 2.38. The first kappa shape index (κ1) is 8.12. The second-order valence-corrected chi connectivity index (χ2v) is 2.91. The lowest BCUT2D eigenvalue weighted by Crippen LogP contribution is -2.21. The van der Waals surface area contributed by atoms with Gasteiger partial charge in [0.2, 0.25) is 5.91 Å². The van der Waals surface area contributed by atoms with Crippen molar-refractivity contribution in [1.29, 1.82) is 0 Å². The van der Waals surface area contributed by atoms with Gasteiger partial charge >= 0.3 is 0 Å². The molecule has 0 radical (unpaired) electrons. The number of aryl methyl sites for hydroxylation is 1. The van der Waals surface area contributed by atoms with Crippen molar-refractivity contribution in [3.63, 3.8) is 0 Å². The lowest BCUT2D eigenvalue weighted by Gasteiger charge is -2.15. The largest absolute Gasteiger partial charge is 0.324 e. The highest BCUT2D eigenvalue weighted by Gasteiger charge is 2.16. The van der Waals surface area contributed by atoms with Crippen LogP contribution in [0.3, 0.4) is 0 Å². The maximum Gasteiger partial charge on any atom is 0.225 e. The molecule has 68 valence electrons. The molecule has 1 aliphatic rings. The zero-order valence-electron chi connectivity index (χ0n) is 7.08. The average molecular weight is 178 g/mol. The minimum atomic E-state index is 0.00849. The molecule has 13 heavy (non-hydrogen) atoms. The van der Waals surface area contributed by atoms with Gasteiger partial charge in [-0.15, -0.1) is 0 Å². The van der Waals surface area contributed by atoms with Gasteiger partial charge in [-0.2, -0.15) is 0 Å². The summed E-state index contributed by atoms with van der Waals surface area (Å²) >= 11 is 0. The molecule has 0 saturated carbocycles. The number of anilines is 1. The van der Waals surface area contributed by atoms with E-state index in [1.165, 1.54) is 0 Å². The minimum Gasteiger partial charge on any atom is -0.324 e. The van der Waals surface area contributed by atoms with Crippen molar-refractivity contribution < 1.29 is 4.79 Å². The normalized spacial score (nSPS) is 15.0. The Bertz CT molecular complexity index is 350. The molecule has 5 heteroatoms. The molecule has 0 aromatic carbocycles. The number of carbonyl (C=O) groups excluding carboxylic acids is 1. The topological polar surface area (TPSA) is 80.9 Å².